The monoisotopic (exact) mass is 730 g/mol. The first-order chi connectivity index (χ1) is 28.2. The first-order valence-corrected chi connectivity index (χ1v) is 19.0. The number of furan rings is 2. The van der Waals surface area contributed by atoms with Crippen LogP contribution in [0.25, 0.3) is 117 Å². The fourth-order valence-electron chi connectivity index (χ4n) is 8.48. The van der Waals surface area contributed by atoms with Gasteiger partial charge in [-0.1, -0.05) is 133 Å². The Morgan fingerprint density at radius 2 is 0.947 bits per heavy atom. The van der Waals surface area contributed by atoms with E-state index in [1.807, 2.05) is 54.6 Å². The molecule has 0 saturated carbocycles. The van der Waals surface area contributed by atoms with Crippen LogP contribution in [0, 0.1) is 0 Å². The fraction of sp³-hybridized carbons (Fsp3) is 0. The highest BCUT2D eigenvalue weighted by Crippen LogP contribution is 2.42. The van der Waals surface area contributed by atoms with Gasteiger partial charge >= 0.3 is 0 Å². The zero-order valence-corrected chi connectivity index (χ0v) is 30.4. The van der Waals surface area contributed by atoms with Gasteiger partial charge < -0.3 is 8.83 Å². The van der Waals surface area contributed by atoms with Crippen molar-refractivity contribution in [1.82, 2.24) is 19.5 Å². The zero-order chi connectivity index (χ0) is 37.5. The van der Waals surface area contributed by atoms with Gasteiger partial charge in [0.05, 0.1) is 16.4 Å². The normalized spacial score (nSPS) is 11.9. The van der Waals surface area contributed by atoms with Crippen LogP contribution < -0.4 is 0 Å². The number of hydrogen-bond donors (Lipinski definition) is 0. The summed E-state index contributed by atoms with van der Waals surface area (Å²) in [5, 5.41) is 6.50. The summed E-state index contributed by atoms with van der Waals surface area (Å²) >= 11 is 0. The molecule has 0 atom stereocenters. The Balaban J connectivity index is 1.06. The van der Waals surface area contributed by atoms with Gasteiger partial charge in [0.25, 0.3) is 0 Å². The molecule has 266 valence electrons. The number of para-hydroxylation sites is 2. The van der Waals surface area contributed by atoms with E-state index in [2.05, 4.69) is 132 Å². The molecule has 0 bridgehead atoms. The van der Waals surface area contributed by atoms with Gasteiger partial charge in [0, 0.05) is 38.1 Å². The van der Waals surface area contributed by atoms with E-state index in [1.54, 1.807) is 0 Å². The molecule has 0 N–H and O–H groups in total. The molecule has 0 aliphatic heterocycles. The molecule has 0 unspecified atom stereocenters. The molecule has 0 saturated heterocycles. The summed E-state index contributed by atoms with van der Waals surface area (Å²) in [6.45, 7) is 0. The maximum absolute atomic E-state index is 6.49. The summed E-state index contributed by atoms with van der Waals surface area (Å²) in [6, 6.07) is 62.6. The topological polar surface area (TPSA) is 69.9 Å². The summed E-state index contributed by atoms with van der Waals surface area (Å²) in [5.74, 6) is 1.70. The second-order valence-corrected chi connectivity index (χ2v) is 14.4. The number of rotatable bonds is 5. The summed E-state index contributed by atoms with van der Waals surface area (Å²) < 4.78 is 15.1. The Morgan fingerprint density at radius 1 is 0.351 bits per heavy atom. The largest absolute Gasteiger partial charge is 0.456 e. The third-order valence-electron chi connectivity index (χ3n) is 11.1. The minimum Gasteiger partial charge on any atom is -0.456 e. The van der Waals surface area contributed by atoms with Crippen LogP contribution in [-0.4, -0.2) is 19.5 Å². The summed E-state index contributed by atoms with van der Waals surface area (Å²) in [6.07, 6.45) is 0. The third kappa shape index (κ3) is 4.94. The Morgan fingerprint density at radius 3 is 1.81 bits per heavy atom. The Bertz CT molecular complexity index is 3530. The van der Waals surface area contributed by atoms with Crippen LogP contribution in [0.1, 0.15) is 0 Å². The van der Waals surface area contributed by atoms with Gasteiger partial charge in [0.1, 0.15) is 22.3 Å². The predicted molar refractivity (Wildman–Crippen MR) is 230 cm³/mol. The fourth-order valence-corrected chi connectivity index (χ4v) is 8.48. The Labute approximate surface area is 325 Å². The highest BCUT2D eigenvalue weighted by molar-refractivity contribution is 6.24. The van der Waals surface area contributed by atoms with Crippen molar-refractivity contribution >= 4 is 65.7 Å². The lowest BCUT2D eigenvalue weighted by Gasteiger charge is -2.12. The summed E-state index contributed by atoms with van der Waals surface area (Å²) in [4.78, 5) is 15.6. The molecule has 0 amide bonds. The van der Waals surface area contributed by atoms with Gasteiger partial charge in [-0.25, -0.2) is 4.98 Å². The van der Waals surface area contributed by atoms with Crippen LogP contribution in [0.2, 0.25) is 0 Å². The molecule has 4 heterocycles. The smallest absolute Gasteiger partial charge is 0.238 e. The molecule has 57 heavy (non-hydrogen) atoms. The summed E-state index contributed by atoms with van der Waals surface area (Å²) in [7, 11) is 0. The van der Waals surface area contributed by atoms with E-state index in [-0.39, 0.29) is 0 Å². The van der Waals surface area contributed by atoms with Crippen LogP contribution in [0.15, 0.2) is 191 Å². The number of aromatic nitrogens is 4. The lowest BCUT2D eigenvalue weighted by molar-refractivity contribution is 0.669. The first kappa shape index (κ1) is 31.5. The molecule has 8 aromatic carbocycles. The molecule has 4 aromatic heterocycles. The molecule has 0 radical (unpaired) electrons. The molecule has 12 aromatic rings. The molecule has 12 rings (SSSR count). The third-order valence-corrected chi connectivity index (χ3v) is 11.1. The van der Waals surface area contributed by atoms with E-state index >= 15 is 0 Å². The van der Waals surface area contributed by atoms with Crippen molar-refractivity contribution in [3.05, 3.63) is 182 Å². The number of hydrogen-bond acceptors (Lipinski definition) is 5. The van der Waals surface area contributed by atoms with E-state index in [4.69, 9.17) is 23.8 Å². The molecule has 0 aliphatic carbocycles. The van der Waals surface area contributed by atoms with Gasteiger partial charge in [-0.3, -0.25) is 4.57 Å². The van der Waals surface area contributed by atoms with E-state index in [0.29, 0.717) is 17.6 Å². The number of benzene rings is 8. The predicted octanol–water partition coefficient (Wildman–Crippen LogP) is 13.4. The highest BCUT2D eigenvalue weighted by Gasteiger charge is 2.22. The molecule has 0 spiro atoms. The standard InChI is InChI=1S/C51H30N4O2/c1-3-13-31(14-4-1)36-21-12-24-43-46(36)40-26-25-34(30-45(40)57-43)33-17-11-18-35(29-33)50-52-49(32-15-5-2-6-16-32)53-51(54-50)55-41-22-9-7-19-37(41)38-27-28-44-47(48(38)55)39-20-8-10-23-42(39)56-44/h1-30H. The van der Waals surface area contributed by atoms with Gasteiger partial charge in [-0.2, -0.15) is 9.97 Å². The van der Waals surface area contributed by atoms with Gasteiger partial charge in [0.2, 0.25) is 5.95 Å². The summed E-state index contributed by atoms with van der Waals surface area (Å²) in [5.41, 5.74) is 11.6. The highest BCUT2D eigenvalue weighted by atomic mass is 16.3. The lowest BCUT2D eigenvalue weighted by atomic mass is 9.97. The Kier molecular flexibility index (Phi) is 6.83. The lowest BCUT2D eigenvalue weighted by Crippen LogP contribution is -2.06. The van der Waals surface area contributed by atoms with E-state index < -0.39 is 0 Å². The number of fused-ring (bicyclic) bond motifs is 10. The Hall–Kier alpha value is -7.83. The minimum absolute atomic E-state index is 0.533. The first-order valence-electron chi connectivity index (χ1n) is 19.0. The van der Waals surface area contributed by atoms with E-state index in [0.717, 1.165) is 99.1 Å². The maximum Gasteiger partial charge on any atom is 0.238 e. The van der Waals surface area contributed by atoms with E-state index in [9.17, 15) is 0 Å². The van der Waals surface area contributed by atoms with Crippen molar-refractivity contribution in [2.45, 2.75) is 0 Å². The van der Waals surface area contributed by atoms with Gasteiger partial charge in [-0.05, 0) is 70.8 Å². The molecular formula is C51H30N4O2. The zero-order valence-electron chi connectivity index (χ0n) is 30.4. The van der Waals surface area contributed by atoms with Crippen molar-refractivity contribution in [1.29, 1.82) is 0 Å². The van der Waals surface area contributed by atoms with Crippen LogP contribution in [0.3, 0.4) is 0 Å². The van der Waals surface area contributed by atoms with Crippen molar-refractivity contribution < 1.29 is 8.83 Å². The second kappa shape index (κ2) is 12.3. The average molecular weight is 731 g/mol. The molecular weight excluding hydrogens is 701 g/mol. The van der Waals surface area contributed by atoms with Gasteiger partial charge in [0.15, 0.2) is 11.6 Å². The SMILES string of the molecule is c1ccc(-c2nc(-c3cccc(-c4ccc5c(c4)oc4cccc(-c6ccccc6)c45)c3)nc(-n3c4ccccc4c4ccc5oc6ccccc6c5c43)n2)cc1. The number of nitrogens with zero attached hydrogens (tertiary/aromatic N) is 4. The van der Waals surface area contributed by atoms with Crippen molar-refractivity contribution in [3.8, 4) is 51.0 Å². The van der Waals surface area contributed by atoms with Crippen molar-refractivity contribution in [3.63, 3.8) is 0 Å². The minimum atomic E-state index is 0.533. The molecule has 0 aliphatic rings. The van der Waals surface area contributed by atoms with Crippen molar-refractivity contribution in [2.75, 3.05) is 0 Å². The second-order valence-electron chi connectivity index (χ2n) is 14.4. The van der Waals surface area contributed by atoms with E-state index in [1.165, 1.54) is 0 Å². The molecule has 6 nitrogen and oxygen atoms in total. The average Bonchev–Trinajstić information content (AvgIpc) is 3.96. The van der Waals surface area contributed by atoms with Crippen LogP contribution in [0.5, 0.6) is 0 Å². The van der Waals surface area contributed by atoms with Crippen LogP contribution >= 0.6 is 0 Å². The maximum atomic E-state index is 6.49. The van der Waals surface area contributed by atoms with Crippen LogP contribution in [0.4, 0.5) is 0 Å². The van der Waals surface area contributed by atoms with Crippen molar-refractivity contribution in [2.24, 2.45) is 0 Å². The molecule has 6 heteroatoms. The van der Waals surface area contributed by atoms with Crippen LogP contribution in [-0.2, 0) is 0 Å². The molecule has 0 fully saturated rings. The van der Waals surface area contributed by atoms with Gasteiger partial charge in [-0.15, -0.1) is 0 Å². The quantitative estimate of drug-likeness (QED) is 0.176.